The smallest absolute Gasteiger partial charge is 0.408 e. The summed E-state index contributed by atoms with van der Waals surface area (Å²) in [7, 11) is 0. The quantitative estimate of drug-likeness (QED) is 0.531. The molecule has 1 fully saturated rings. The maximum atomic E-state index is 12.5. The molecule has 9 nitrogen and oxygen atoms in total. The number of carboxylic acids is 1. The Hall–Kier alpha value is -1.79. The third-order valence-electron chi connectivity index (χ3n) is 3.65. The predicted molar refractivity (Wildman–Crippen MR) is 102 cm³/mol. The summed E-state index contributed by atoms with van der Waals surface area (Å²) in [5, 5.41) is 15.5. The lowest BCUT2D eigenvalue weighted by molar-refractivity contribution is -0.149. The van der Waals surface area contributed by atoms with Gasteiger partial charge < -0.3 is 15.2 Å². The molecule has 2 N–H and O–H groups in total. The third-order valence-corrected chi connectivity index (χ3v) is 6.91. The molecule has 0 bridgehead atoms. The number of nitrogens with one attached hydrogen (secondary N) is 1. The Morgan fingerprint density at radius 3 is 2.81 bits per heavy atom. The van der Waals surface area contributed by atoms with Crippen molar-refractivity contribution in [3.8, 4) is 0 Å². The molecule has 2 atom stereocenters. The molecule has 0 spiro atoms. The highest BCUT2D eigenvalue weighted by atomic mass is 32.2. The van der Waals surface area contributed by atoms with Gasteiger partial charge in [-0.15, -0.1) is 28.6 Å². The number of carbonyl (C=O) groups excluding carboxylic acids is 2. The van der Waals surface area contributed by atoms with Gasteiger partial charge in [0.2, 0.25) is 0 Å². The Labute approximate surface area is 168 Å². The van der Waals surface area contributed by atoms with Crippen LogP contribution < -0.4 is 5.32 Å². The van der Waals surface area contributed by atoms with Crippen molar-refractivity contribution < 1.29 is 24.2 Å². The number of nitrogens with zero attached hydrogens (tertiary/aromatic N) is 3. The van der Waals surface area contributed by atoms with Gasteiger partial charge in [0.15, 0.2) is 0 Å². The largest absolute Gasteiger partial charge is 0.477 e. The number of ether oxygens (including phenoxy) is 1. The van der Waals surface area contributed by atoms with Crippen molar-refractivity contribution in [1.82, 2.24) is 19.8 Å². The first-order valence-electron chi connectivity index (χ1n) is 7.97. The van der Waals surface area contributed by atoms with Gasteiger partial charge in [-0.1, -0.05) is 4.49 Å². The number of amides is 2. The van der Waals surface area contributed by atoms with Crippen LogP contribution >= 0.6 is 35.1 Å². The summed E-state index contributed by atoms with van der Waals surface area (Å²) in [4.78, 5) is 37.5. The lowest BCUT2D eigenvalue weighted by Gasteiger charge is -2.49. The minimum Gasteiger partial charge on any atom is -0.477 e. The van der Waals surface area contributed by atoms with E-state index in [0.29, 0.717) is 17.1 Å². The Kier molecular flexibility index (Phi) is 5.68. The van der Waals surface area contributed by atoms with Crippen LogP contribution in [0.25, 0.3) is 0 Å². The number of hydrogen-bond donors (Lipinski definition) is 2. The number of β-lactam (4-membered cyclic amide) rings is 1. The molecule has 1 aromatic rings. The number of carbonyl (C=O) groups is 3. The van der Waals surface area contributed by atoms with E-state index in [1.54, 1.807) is 27.0 Å². The minimum atomic E-state index is -1.15. The maximum absolute atomic E-state index is 12.5. The van der Waals surface area contributed by atoms with Crippen LogP contribution in [0.15, 0.2) is 21.7 Å². The Bertz CT molecular complexity index is 790. The lowest BCUT2D eigenvalue weighted by atomic mass is 10.0. The first kappa shape index (κ1) is 20.0. The highest BCUT2D eigenvalue weighted by Gasteiger charge is 2.54. The van der Waals surface area contributed by atoms with Gasteiger partial charge >= 0.3 is 12.1 Å². The second-order valence-electron chi connectivity index (χ2n) is 6.82. The monoisotopic (exact) mass is 430 g/mol. The third kappa shape index (κ3) is 4.38. The molecule has 0 aromatic carbocycles. The molecule has 2 unspecified atom stereocenters. The number of rotatable bonds is 5. The van der Waals surface area contributed by atoms with Crippen molar-refractivity contribution in [2.75, 3.05) is 11.5 Å². The SMILES string of the molecule is CC(C)(C)OC(=O)NC1C(=O)N2C(C(=O)O)=C(CSc3cnns3)CSC12. The van der Waals surface area contributed by atoms with Crippen LogP contribution in [-0.2, 0) is 14.3 Å². The van der Waals surface area contributed by atoms with Crippen LogP contribution in [0.1, 0.15) is 20.8 Å². The van der Waals surface area contributed by atoms with Gasteiger partial charge in [0.05, 0.1) is 6.20 Å². The number of alkyl carbamates (subject to hydrolysis) is 1. The molecule has 146 valence electrons. The molecule has 3 heterocycles. The van der Waals surface area contributed by atoms with Gasteiger partial charge in [0, 0.05) is 11.5 Å². The number of fused-ring (bicyclic) bond motifs is 1. The van der Waals surface area contributed by atoms with Gasteiger partial charge in [-0.2, -0.15) is 0 Å². The molecule has 3 rings (SSSR count). The van der Waals surface area contributed by atoms with E-state index in [1.165, 1.54) is 40.0 Å². The van der Waals surface area contributed by atoms with Crippen LogP contribution in [0.2, 0.25) is 0 Å². The number of hydrogen-bond acceptors (Lipinski definition) is 9. The lowest BCUT2D eigenvalue weighted by Crippen LogP contribution is -2.70. The molecule has 0 aliphatic carbocycles. The summed E-state index contributed by atoms with van der Waals surface area (Å²) in [6.45, 7) is 5.18. The normalized spacial score (nSPS) is 22.2. The Morgan fingerprint density at radius 1 is 1.48 bits per heavy atom. The number of thioether (sulfide) groups is 2. The van der Waals surface area contributed by atoms with E-state index in [-0.39, 0.29) is 5.70 Å². The molecule has 1 saturated heterocycles. The summed E-state index contributed by atoms with van der Waals surface area (Å²) in [5.41, 5.74) is -0.0274. The average Bonchev–Trinajstić information content (AvgIpc) is 3.08. The van der Waals surface area contributed by atoms with E-state index < -0.39 is 35.0 Å². The van der Waals surface area contributed by atoms with Crippen molar-refractivity contribution in [2.24, 2.45) is 0 Å². The Balaban J connectivity index is 1.70. The summed E-state index contributed by atoms with van der Waals surface area (Å²) >= 11 is 4.09. The summed E-state index contributed by atoms with van der Waals surface area (Å²) in [6.07, 6.45) is 0.922. The maximum Gasteiger partial charge on any atom is 0.408 e. The number of carboxylic acid groups (broad SMARTS) is 1. The molecule has 0 saturated carbocycles. The second-order valence-corrected chi connectivity index (χ2v) is 9.98. The summed E-state index contributed by atoms with van der Waals surface area (Å²) in [6, 6.07) is -0.793. The highest BCUT2D eigenvalue weighted by Crippen LogP contribution is 2.41. The van der Waals surface area contributed by atoms with E-state index in [2.05, 4.69) is 14.9 Å². The van der Waals surface area contributed by atoms with Gasteiger partial charge in [0.1, 0.15) is 26.9 Å². The van der Waals surface area contributed by atoms with Crippen LogP contribution in [0.3, 0.4) is 0 Å². The van der Waals surface area contributed by atoms with Gasteiger partial charge in [0.25, 0.3) is 5.91 Å². The second kappa shape index (κ2) is 7.68. The van der Waals surface area contributed by atoms with E-state index in [0.717, 1.165) is 4.21 Å². The van der Waals surface area contributed by atoms with Crippen molar-refractivity contribution in [3.63, 3.8) is 0 Å². The van der Waals surface area contributed by atoms with Crippen LogP contribution in [0.5, 0.6) is 0 Å². The molecule has 2 aliphatic heterocycles. The van der Waals surface area contributed by atoms with Gasteiger partial charge in [-0.3, -0.25) is 9.69 Å². The topological polar surface area (TPSA) is 122 Å². The van der Waals surface area contributed by atoms with Crippen molar-refractivity contribution in [2.45, 2.75) is 42.0 Å². The zero-order chi connectivity index (χ0) is 19.8. The zero-order valence-corrected chi connectivity index (χ0v) is 17.2. The number of aromatic nitrogens is 2. The van der Waals surface area contributed by atoms with Gasteiger partial charge in [-0.25, -0.2) is 9.59 Å². The minimum absolute atomic E-state index is 0.00374. The summed E-state index contributed by atoms with van der Waals surface area (Å²) < 4.78 is 9.82. The molecule has 0 radical (unpaired) electrons. The van der Waals surface area contributed by atoms with E-state index in [4.69, 9.17) is 4.74 Å². The standard InChI is InChI=1S/C15H18N4O5S3/c1-15(2,3)24-14(23)17-9-11(20)19-10(13(21)22)7(6-26-12(9)19)5-25-8-4-16-18-27-8/h4,9,12H,5-6H2,1-3H3,(H,17,23)(H,21,22). The van der Waals surface area contributed by atoms with Crippen LogP contribution in [0, 0.1) is 0 Å². The molecule has 1 aromatic heterocycles. The molecule has 2 aliphatic rings. The fourth-order valence-electron chi connectivity index (χ4n) is 2.61. The predicted octanol–water partition coefficient (Wildman–Crippen LogP) is 1.78. The van der Waals surface area contributed by atoms with Crippen LogP contribution in [0.4, 0.5) is 4.79 Å². The van der Waals surface area contributed by atoms with E-state index in [9.17, 15) is 19.5 Å². The number of aliphatic carboxylic acids is 1. The fraction of sp³-hybridized carbons (Fsp3) is 0.533. The van der Waals surface area contributed by atoms with Gasteiger partial charge in [-0.05, 0) is 37.9 Å². The highest BCUT2D eigenvalue weighted by molar-refractivity contribution is 8.01. The molecule has 12 heteroatoms. The molecular formula is C15H18N4O5S3. The van der Waals surface area contributed by atoms with E-state index in [1.807, 2.05) is 0 Å². The molecule has 2 amide bonds. The fourth-order valence-corrected chi connectivity index (χ4v) is 5.52. The zero-order valence-electron chi connectivity index (χ0n) is 14.8. The first-order chi connectivity index (χ1) is 12.7. The van der Waals surface area contributed by atoms with Crippen molar-refractivity contribution in [1.29, 1.82) is 0 Å². The first-order valence-corrected chi connectivity index (χ1v) is 10.8. The van der Waals surface area contributed by atoms with E-state index >= 15 is 0 Å². The summed E-state index contributed by atoms with van der Waals surface area (Å²) in [5.74, 6) is -0.708. The molecular weight excluding hydrogens is 412 g/mol. The van der Waals surface area contributed by atoms with Crippen LogP contribution in [-0.4, -0.2) is 66.1 Å². The Morgan fingerprint density at radius 2 is 2.22 bits per heavy atom. The van der Waals surface area contributed by atoms with Crippen molar-refractivity contribution >= 4 is 53.0 Å². The molecule has 27 heavy (non-hydrogen) atoms. The van der Waals surface area contributed by atoms with Crippen molar-refractivity contribution in [3.05, 3.63) is 17.5 Å². The average molecular weight is 431 g/mol.